The minimum atomic E-state index is -1.85. The zero-order chi connectivity index (χ0) is 32.6. The Morgan fingerprint density at radius 3 is 1.91 bits per heavy atom. The van der Waals surface area contributed by atoms with Gasteiger partial charge in [0, 0.05) is 71.6 Å². The van der Waals surface area contributed by atoms with Crippen molar-refractivity contribution in [2.75, 3.05) is 23.0 Å². The van der Waals surface area contributed by atoms with Crippen LogP contribution in [0.1, 0.15) is 68.2 Å². The van der Waals surface area contributed by atoms with E-state index in [0.29, 0.717) is 42.3 Å². The monoisotopic (exact) mass is 746 g/mol. The van der Waals surface area contributed by atoms with Gasteiger partial charge in [0.05, 0.1) is 12.2 Å². The molecule has 2 aliphatic rings. The van der Waals surface area contributed by atoms with Crippen LogP contribution in [0.2, 0.25) is 36.3 Å². The second-order valence-electron chi connectivity index (χ2n) is 12.9. The van der Waals surface area contributed by atoms with Crippen molar-refractivity contribution in [3.05, 3.63) is 12.2 Å². The molecule has 0 heterocycles. The van der Waals surface area contributed by atoms with Gasteiger partial charge in [0.25, 0.3) is 0 Å². The van der Waals surface area contributed by atoms with E-state index in [1.54, 1.807) is 17.8 Å². The van der Waals surface area contributed by atoms with Gasteiger partial charge in [0.2, 0.25) is 0 Å². The molecule has 2 aliphatic carbocycles. The minimum Gasteiger partial charge on any atom is -0.691 e. The van der Waals surface area contributed by atoms with Gasteiger partial charge in [-0.25, -0.2) is 5.26 Å². The fourth-order valence-electron chi connectivity index (χ4n) is 3.20. The molecule has 44 heavy (non-hydrogen) atoms. The molecular formula is C27H55NaO10S4Si2. The molecule has 0 saturated heterocycles. The van der Waals surface area contributed by atoms with Crippen molar-refractivity contribution in [1.29, 1.82) is 0 Å². The summed E-state index contributed by atoms with van der Waals surface area (Å²) in [5.74, 6) is 3.32. The molecule has 1 N–H and O–H groups in total. The maximum absolute atomic E-state index is 11.8. The number of hydrogen-bond donors (Lipinski definition) is 2. The van der Waals surface area contributed by atoms with Gasteiger partial charge in [-0.3, -0.25) is 14.6 Å². The average molecular weight is 747 g/mol. The molecule has 0 aromatic rings. The number of carbonyl (C=O) groups is 2. The molecule has 256 valence electrons. The van der Waals surface area contributed by atoms with Crippen molar-refractivity contribution in [3.63, 3.8) is 0 Å². The Balaban J connectivity index is -0.000000632. The van der Waals surface area contributed by atoms with E-state index >= 15 is 0 Å². The van der Waals surface area contributed by atoms with Crippen molar-refractivity contribution in [3.8, 4) is 0 Å². The van der Waals surface area contributed by atoms with E-state index in [1.165, 1.54) is 0 Å². The fourth-order valence-corrected chi connectivity index (χ4v) is 8.07. The van der Waals surface area contributed by atoms with Crippen molar-refractivity contribution in [2.24, 2.45) is 0 Å². The zero-order valence-corrected chi connectivity index (χ0v) is 35.0. The second kappa shape index (κ2) is 24.7. The molecule has 0 aromatic carbocycles. The Bertz CT molecular complexity index is 823. The van der Waals surface area contributed by atoms with Crippen LogP contribution in [0.25, 0.3) is 0 Å². The summed E-state index contributed by atoms with van der Waals surface area (Å²) in [4.78, 5) is 22.8. The molecule has 2 rings (SSSR count). The molecule has 0 bridgehead atoms. The molecule has 17 heteroatoms. The van der Waals surface area contributed by atoms with Crippen molar-refractivity contribution in [2.45, 2.75) is 122 Å². The third kappa shape index (κ3) is 20.8. The van der Waals surface area contributed by atoms with Gasteiger partial charge in [-0.15, -0.1) is 4.33 Å². The average Bonchev–Trinajstić information content (AvgIpc) is 3.41. The topological polar surface area (TPSA) is 133 Å². The maximum Gasteiger partial charge on any atom is 1.00 e. The van der Waals surface area contributed by atoms with Gasteiger partial charge in [-0.1, -0.05) is 60.1 Å². The SMILES string of the molecule is C.CC(C)(C)[Si](C)(C)O[C@@H]1C=CC(=O)C1.CC(C)(C)[Si](C)(C)O[C@H]1CC(=O)C[C@@H]1SCCSOOO.[Na+].[O-]OOSCCS. The summed E-state index contributed by atoms with van der Waals surface area (Å²) in [6.45, 7) is 22.1. The normalized spacial score (nSPS) is 20.2. The Hall–Kier alpha value is 1.59. The first-order valence-electron chi connectivity index (χ1n) is 13.8. The van der Waals surface area contributed by atoms with Crippen LogP contribution >= 0.6 is 48.5 Å². The second-order valence-corrected chi connectivity index (χ2v) is 25.7. The Labute approximate surface area is 308 Å². The fraction of sp³-hybridized carbons (Fsp3) is 0.852. The van der Waals surface area contributed by atoms with Gasteiger partial charge in [-0.2, -0.15) is 28.7 Å². The van der Waals surface area contributed by atoms with E-state index in [2.05, 4.69) is 99.1 Å². The summed E-state index contributed by atoms with van der Waals surface area (Å²) in [5.41, 5.74) is 0. The number of thioether (sulfide) groups is 1. The van der Waals surface area contributed by atoms with Crippen molar-refractivity contribution < 1.29 is 77.3 Å². The number of hydrogen-bond acceptors (Lipinski definition) is 14. The van der Waals surface area contributed by atoms with Crippen LogP contribution in [0.3, 0.4) is 0 Å². The van der Waals surface area contributed by atoms with Crippen LogP contribution in [-0.2, 0) is 37.2 Å². The van der Waals surface area contributed by atoms with Gasteiger partial charge in [-0.05, 0) is 42.3 Å². The third-order valence-electron chi connectivity index (χ3n) is 7.50. The number of Topliss-reactive ketones (excluding diaryl/α,β-unsaturated/α-hetero) is 1. The van der Waals surface area contributed by atoms with Crippen LogP contribution < -0.4 is 34.8 Å². The van der Waals surface area contributed by atoms with E-state index in [1.807, 2.05) is 6.08 Å². The van der Waals surface area contributed by atoms with Crippen molar-refractivity contribution in [1.82, 2.24) is 0 Å². The molecule has 0 aromatic heterocycles. The molecular weight excluding hydrogens is 692 g/mol. The molecule has 10 nitrogen and oxygen atoms in total. The molecule has 1 saturated carbocycles. The van der Waals surface area contributed by atoms with E-state index < -0.39 is 16.6 Å². The molecule has 0 radical (unpaired) electrons. The zero-order valence-electron chi connectivity index (χ0n) is 27.6. The minimum absolute atomic E-state index is 0. The molecule has 0 amide bonds. The maximum atomic E-state index is 11.8. The molecule has 3 atom stereocenters. The summed E-state index contributed by atoms with van der Waals surface area (Å²) in [6.07, 6.45) is 5.25. The van der Waals surface area contributed by atoms with Gasteiger partial charge in [0.1, 0.15) is 5.78 Å². The Kier molecular flexibility index (Phi) is 28.0. The summed E-state index contributed by atoms with van der Waals surface area (Å²) in [6, 6.07) is 0. The number of allylic oxidation sites excluding steroid dienone is 1. The molecule has 0 aliphatic heterocycles. The van der Waals surface area contributed by atoms with Gasteiger partial charge < -0.3 is 14.1 Å². The summed E-state index contributed by atoms with van der Waals surface area (Å²) >= 11 is 7.56. The van der Waals surface area contributed by atoms with Crippen molar-refractivity contribution >= 4 is 76.7 Å². The van der Waals surface area contributed by atoms with Crippen LogP contribution in [0.5, 0.6) is 0 Å². The number of rotatable bonds is 14. The predicted octanol–water partition coefficient (Wildman–Crippen LogP) is 4.24. The number of carbonyl (C=O) groups excluding carboxylic acids is 2. The van der Waals surface area contributed by atoms with Gasteiger partial charge in [0.15, 0.2) is 22.4 Å². The smallest absolute Gasteiger partial charge is 0.691 e. The standard InChI is InChI=1S/C13H26O5S2Si.C11H20O2Si.C2H6O3S2.CH4.Na/c1-13(2,3)21(4,5)16-11-8-10(14)9-12(11)19-6-7-20-18-17-15;1-11(2,3)14(4,5)13-10-7-6-9(12)8-10;3-4-5-7-2-1-6;;/h11-12,15H,6-9H2,1-5H3;6-7,10H,8H2,1-5H3;3,6H,1-2H2;1H4;/q;;;;+1/p-1/t11-,12-;10-;;;/m01.../s1. The first-order chi connectivity index (χ1) is 19.3. The van der Waals surface area contributed by atoms with Crippen LogP contribution in [-0.4, -0.2) is 73.9 Å². The number of ketones is 2. The van der Waals surface area contributed by atoms with E-state index in [-0.39, 0.29) is 70.3 Å². The van der Waals surface area contributed by atoms with E-state index in [9.17, 15) is 9.59 Å². The van der Waals surface area contributed by atoms with E-state index in [4.69, 9.17) is 19.4 Å². The first-order valence-corrected chi connectivity index (χ1v) is 23.1. The van der Waals surface area contributed by atoms with Crippen LogP contribution in [0, 0.1) is 0 Å². The van der Waals surface area contributed by atoms with Gasteiger partial charge >= 0.3 is 29.6 Å². The summed E-state index contributed by atoms with van der Waals surface area (Å²) in [7, 11) is -3.55. The quantitative estimate of drug-likeness (QED) is 0.0657. The Morgan fingerprint density at radius 2 is 1.45 bits per heavy atom. The summed E-state index contributed by atoms with van der Waals surface area (Å²) < 4.78 is 20.7. The predicted molar refractivity (Wildman–Crippen MR) is 186 cm³/mol. The molecule has 0 unspecified atom stereocenters. The third-order valence-corrected chi connectivity index (χ3v) is 19.7. The Morgan fingerprint density at radius 1 is 0.909 bits per heavy atom. The molecule has 0 spiro atoms. The van der Waals surface area contributed by atoms with Crippen LogP contribution in [0.4, 0.5) is 0 Å². The van der Waals surface area contributed by atoms with Crippen LogP contribution in [0.15, 0.2) is 12.2 Å². The molecule has 1 fully saturated rings. The largest absolute Gasteiger partial charge is 1.00 e. The van der Waals surface area contributed by atoms with E-state index in [0.717, 1.165) is 29.8 Å². The first kappa shape index (κ1) is 50.0. The summed E-state index contributed by atoms with van der Waals surface area (Å²) in [5, 5.41) is 24.2. The number of thiol groups is 1.